The topological polar surface area (TPSA) is 32.7 Å². The lowest BCUT2D eigenvalue weighted by Crippen LogP contribution is -2.37. The van der Waals surface area contributed by atoms with E-state index in [4.69, 9.17) is 4.74 Å². The summed E-state index contributed by atoms with van der Waals surface area (Å²) in [5, 5.41) is 9.74. The zero-order valence-electron chi connectivity index (χ0n) is 10.9. The second kappa shape index (κ2) is 5.67. The monoisotopic (exact) mass is 253 g/mol. The number of rotatable bonds is 3. The van der Waals surface area contributed by atoms with E-state index in [0.29, 0.717) is 11.7 Å². The van der Waals surface area contributed by atoms with E-state index in [-0.39, 0.29) is 5.82 Å². The highest BCUT2D eigenvalue weighted by Gasteiger charge is 2.22. The van der Waals surface area contributed by atoms with Crippen molar-refractivity contribution >= 4 is 5.69 Å². The molecule has 0 radical (unpaired) electrons. The first-order valence-electron chi connectivity index (χ1n) is 6.37. The second-order valence-corrected chi connectivity index (χ2v) is 4.80. The third-order valence-electron chi connectivity index (χ3n) is 3.56. The molecule has 1 aliphatic rings. The Balaban J connectivity index is 2.18. The van der Waals surface area contributed by atoms with Gasteiger partial charge in [-0.2, -0.15) is 0 Å². The minimum absolute atomic E-state index is 0.304. The van der Waals surface area contributed by atoms with Crippen LogP contribution in [0.25, 0.3) is 0 Å². The maximum absolute atomic E-state index is 13.2. The number of nitrogens with zero attached hydrogens (tertiary/aromatic N) is 1. The van der Waals surface area contributed by atoms with Gasteiger partial charge in [0.1, 0.15) is 5.82 Å². The molecule has 1 N–H and O–H groups in total. The molecule has 1 atom stereocenters. The maximum atomic E-state index is 13.2. The van der Waals surface area contributed by atoms with Crippen molar-refractivity contribution < 1.29 is 14.2 Å². The van der Waals surface area contributed by atoms with E-state index in [1.54, 1.807) is 20.1 Å². The molecule has 0 spiro atoms. The molecule has 2 rings (SSSR count). The van der Waals surface area contributed by atoms with Crippen LogP contribution in [0.4, 0.5) is 10.1 Å². The number of methoxy groups -OCH3 is 1. The van der Waals surface area contributed by atoms with Gasteiger partial charge in [-0.1, -0.05) is 0 Å². The number of aliphatic hydroxyl groups is 1. The minimum Gasteiger partial charge on any atom is -0.389 e. The Morgan fingerprint density at radius 3 is 2.61 bits per heavy atom. The summed E-state index contributed by atoms with van der Waals surface area (Å²) in [6.07, 6.45) is 1.59. The number of anilines is 1. The van der Waals surface area contributed by atoms with E-state index >= 15 is 0 Å². The van der Waals surface area contributed by atoms with E-state index < -0.39 is 6.10 Å². The molecule has 4 heteroatoms. The summed E-state index contributed by atoms with van der Waals surface area (Å²) in [5.41, 5.74) is 1.59. The summed E-state index contributed by atoms with van der Waals surface area (Å²) in [5.74, 6) is -0.304. The van der Waals surface area contributed by atoms with Crippen molar-refractivity contribution in [2.45, 2.75) is 32.0 Å². The van der Waals surface area contributed by atoms with Crippen LogP contribution in [0.5, 0.6) is 0 Å². The van der Waals surface area contributed by atoms with Gasteiger partial charge in [0.25, 0.3) is 0 Å². The smallest absolute Gasteiger partial charge is 0.123 e. The largest absolute Gasteiger partial charge is 0.389 e. The SMILES string of the molecule is COC1CCN(c2ccc(F)cc2[C@@H](C)O)CC1. The van der Waals surface area contributed by atoms with Crippen LogP contribution in [0.2, 0.25) is 0 Å². The Morgan fingerprint density at radius 1 is 1.39 bits per heavy atom. The molecule has 0 aromatic heterocycles. The van der Waals surface area contributed by atoms with Crippen molar-refractivity contribution in [1.29, 1.82) is 0 Å². The van der Waals surface area contributed by atoms with Crippen LogP contribution in [0.3, 0.4) is 0 Å². The van der Waals surface area contributed by atoms with Gasteiger partial charge in [0, 0.05) is 31.5 Å². The van der Waals surface area contributed by atoms with Crippen LogP contribution in [-0.2, 0) is 4.74 Å². The van der Waals surface area contributed by atoms with Crippen molar-refractivity contribution in [1.82, 2.24) is 0 Å². The van der Waals surface area contributed by atoms with Crippen LogP contribution in [0, 0.1) is 5.82 Å². The van der Waals surface area contributed by atoms with E-state index in [2.05, 4.69) is 4.90 Å². The lowest BCUT2D eigenvalue weighted by atomic mass is 10.0. The van der Waals surface area contributed by atoms with E-state index in [1.165, 1.54) is 12.1 Å². The number of piperidine rings is 1. The molecule has 1 aromatic rings. The number of aliphatic hydroxyl groups excluding tert-OH is 1. The first-order valence-corrected chi connectivity index (χ1v) is 6.37. The molecule has 18 heavy (non-hydrogen) atoms. The number of benzene rings is 1. The molecule has 0 bridgehead atoms. The van der Waals surface area contributed by atoms with Gasteiger partial charge in [-0.05, 0) is 38.0 Å². The summed E-state index contributed by atoms with van der Waals surface area (Å²) >= 11 is 0. The van der Waals surface area contributed by atoms with Crippen molar-refractivity contribution in [2.24, 2.45) is 0 Å². The molecular formula is C14H20FNO2. The summed E-state index contributed by atoms with van der Waals surface area (Å²) in [6, 6.07) is 4.62. The van der Waals surface area contributed by atoms with Gasteiger partial charge in [0.2, 0.25) is 0 Å². The van der Waals surface area contributed by atoms with Crippen LogP contribution in [-0.4, -0.2) is 31.4 Å². The molecular weight excluding hydrogens is 233 g/mol. The normalized spacial score (nSPS) is 19.0. The molecule has 100 valence electrons. The molecule has 1 heterocycles. The molecule has 0 aliphatic carbocycles. The zero-order valence-corrected chi connectivity index (χ0v) is 10.9. The highest BCUT2D eigenvalue weighted by Crippen LogP contribution is 2.29. The maximum Gasteiger partial charge on any atom is 0.123 e. The van der Waals surface area contributed by atoms with Crippen LogP contribution in [0.1, 0.15) is 31.4 Å². The fraction of sp³-hybridized carbons (Fsp3) is 0.571. The Kier molecular flexibility index (Phi) is 4.19. The van der Waals surface area contributed by atoms with E-state index in [0.717, 1.165) is 31.6 Å². The van der Waals surface area contributed by atoms with Crippen molar-refractivity contribution in [3.05, 3.63) is 29.6 Å². The fourth-order valence-corrected chi connectivity index (χ4v) is 2.48. The Bertz CT molecular complexity index is 401. The van der Waals surface area contributed by atoms with Crippen molar-refractivity contribution in [3.8, 4) is 0 Å². The summed E-state index contributed by atoms with van der Waals surface area (Å²) in [7, 11) is 1.74. The number of halogens is 1. The average molecular weight is 253 g/mol. The number of hydrogen-bond donors (Lipinski definition) is 1. The van der Waals surface area contributed by atoms with Crippen LogP contribution in [0.15, 0.2) is 18.2 Å². The first-order chi connectivity index (χ1) is 8.61. The molecule has 0 unspecified atom stereocenters. The van der Waals surface area contributed by atoms with E-state index in [9.17, 15) is 9.50 Å². The van der Waals surface area contributed by atoms with Gasteiger partial charge in [0.05, 0.1) is 12.2 Å². The summed E-state index contributed by atoms with van der Waals surface area (Å²) in [4.78, 5) is 2.19. The fourth-order valence-electron chi connectivity index (χ4n) is 2.48. The highest BCUT2D eigenvalue weighted by atomic mass is 19.1. The Morgan fingerprint density at radius 2 is 2.06 bits per heavy atom. The second-order valence-electron chi connectivity index (χ2n) is 4.80. The predicted octanol–water partition coefficient (Wildman–Crippen LogP) is 2.49. The molecule has 1 saturated heterocycles. The van der Waals surface area contributed by atoms with Crippen molar-refractivity contribution in [3.63, 3.8) is 0 Å². The molecule has 1 aromatic carbocycles. The lowest BCUT2D eigenvalue weighted by Gasteiger charge is -2.34. The van der Waals surface area contributed by atoms with Crippen molar-refractivity contribution in [2.75, 3.05) is 25.1 Å². The molecule has 1 fully saturated rings. The molecule has 1 aliphatic heterocycles. The van der Waals surface area contributed by atoms with Crippen LogP contribution >= 0.6 is 0 Å². The third kappa shape index (κ3) is 2.82. The first kappa shape index (κ1) is 13.3. The Hall–Kier alpha value is -1.13. The van der Waals surface area contributed by atoms with Crippen LogP contribution < -0.4 is 4.90 Å². The lowest BCUT2D eigenvalue weighted by molar-refractivity contribution is 0.0818. The van der Waals surface area contributed by atoms with Gasteiger partial charge in [-0.3, -0.25) is 0 Å². The van der Waals surface area contributed by atoms with Gasteiger partial charge in [-0.25, -0.2) is 4.39 Å². The summed E-state index contributed by atoms with van der Waals surface area (Å²) < 4.78 is 18.6. The molecule has 0 saturated carbocycles. The summed E-state index contributed by atoms with van der Waals surface area (Å²) in [6.45, 7) is 3.42. The average Bonchev–Trinajstić information content (AvgIpc) is 2.39. The molecule has 3 nitrogen and oxygen atoms in total. The predicted molar refractivity (Wildman–Crippen MR) is 69.3 cm³/mol. The van der Waals surface area contributed by atoms with Gasteiger partial charge in [0.15, 0.2) is 0 Å². The van der Waals surface area contributed by atoms with Gasteiger partial charge < -0.3 is 14.7 Å². The molecule has 0 amide bonds. The third-order valence-corrected chi connectivity index (χ3v) is 3.56. The van der Waals surface area contributed by atoms with Gasteiger partial charge in [-0.15, -0.1) is 0 Å². The quantitative estimate of drug-likeness (QED) is 0.898. The van der Waals surface area contributed by atoms with E-state index in [1.807, 2.05) is 0 Å². The number of hydrogen-bond acceptors (Lipinski definition) is 3. The number of ether oxygens (including phenoxy) is 1. The zero-order chi connectivity index (χ0) is 13.1. The Labute approximate surface area is 107 Å². The van der Waals surface area contributed by atoms with Gasteiger partial charge >= 0.3 is 0 Å². The standard InChI is InChI=1S/C14H20FNO2/c1-10(17)13-9-11(15)3-4-14(13)16-7-5-12(18-2)6-8-16/h3-4,9-10,12,17H,5-8H2,1-2H3/t10-/m1/s1. The minimum atomic E-state index is -0.657. The highest BCUT2D eigenvalue weighted by molar-refractivity contribution is 5.55.